The maximum absolute atomic E-state index is 11.4. The van der Waals surface area contributed by atoms with Crippen LogP contribution < -0.4 is 5.32 Å². The first-order chi connectivity index (χ1) is 6.04. The Morgan fingerprint density at radius 3 is 2.46 bits per heavy atom. The van der Waals surface area contributed by atoms with Gasteiger partial charge in [0.25, 0.3) is 5.91 Å². The van der Waals surface area contributed by atoms with Crippen molar-refractivity contribution in [1.29, 1.82) is 0 Å². The average Bonchev–Trinajstić information content (AvgIpc) is 2.12. The van der Waals surface area contributed by atoms with Gasteiger partial charge in [0.05, 0.1) is 0 Å². The summed E-state index contributed by atoms with van der Waals surface area (Å²) in [6.07, 6.45) is 3.37. The van der Waals surface area contributed by atoms with Gasteiger partial charge in [-0.25, -0.2) is 0 Å². The lowest BCUT2D eigenvalue weighted by atomic mass is 10.1. The van der Waals surface area contributed by atoms with Gasteiger partial charge in [0.15, 0.2) is 0 Å². The topological polar surface area (TPSA) is 38.3 Å². The van der Waals surface area contributed by atoms with Crippen LogP contribution in [0.25, 0.3) is 0 Å². The van der Waals surface area contributed by atoms with Crippen LogP contribution in [0.1, 0.15) is 40.0 Å². The zero-order valence-electron chi connectivity index (χ0n) is 9.14. The molecule has 0 bridgehead atoms. The first-order valence-corrected chi connectivity index (χ1v) is 4.88. The standard InChI is InChI=1S/C10H21NO2/c1-5-6-7-8-11-9(12)10(2,3)13-4/h5-8H2,1-4H3,(H,11,12). The highest BCUT2D eigenvalue weighted by Gasteiger charge is 2.25. The molecule has 0 spiro atoms. The molecule has 0 heterocycles. The Morgan fingerprint density at radius 1 is 1.38 bits per heavy atom. The molecular formula is C10H21NO2. The number of nitrogens with one attached hydrogen (secondary N) is 1. The van der Waals surface area contributed by atoms with Crippen molar-refractivity contribution in [3.8, 4) is 0 Å². The Kier molecular flexibility index (Phi) is 5.71. The van der Waals surface area contributed by atoms with E-state index in [1.807, 2.05) is 0 Å². The van der Waals surface area contributed by atoms with Gasteiger partial charge in [-0.05, 0) is 20.3 Å². The van der Waals surface area contributed by atoms with Gasteiger partial charge < -0.3 is 10.1 Å². The molecule has 78 valence electrons. The van der Waals surface area contributed by atoms with Crippen molar-refractivity contribution in [2.75, 3.05) is 13.7 Å². The zero-order valence-corrected chi connectivity index (χ0v) is 9.14. The molecule has 0 aliphatic rings. The lowest BCUT2D eigenvalue weighted by Crippen LogP contribution is -2.43. The number of hydrogen-bond donors (Lipinski definition) is 1. The predicted octanol–water partition coefficient (Wildman–Crippen LogP) is 1.72. The van der Waals surface area contributed by atoms with Crippen molar-refractivity contribution >= 4 is 5.91 Å². The predicted molar refractivity (Wildman–Crippen MR) is 53.6 cm³/mol. The van der Waals surface area contributed by atoms with Gasteiger partial charge in [-0.1, -0.05) is 19.8 Å². The number of unbranched alkanes of at least 4 members (excludes halogenated alkanes) is 2. The molecule has 0 aromatic rings. The van der Waals surface area contributed by atoms with Gasteiger partial charge in [0, 0.05) is 13.7 Å². The largest absolute Gasteiger partial charge is 0.369 e. The molecule has 0 aromatic carbocycles. The molecule has 3 nitrogen and oxygen atoms in total. The van der Waals surface area contributed by atoms with Gasteiger partial charge >= 0.3 is 0 Å². The quantitative estimate of drug-likeness (QED) is 0.643. The van der Waals surface area contributed by atoms with Gasteiger partial charge in [0.1, 0.15) is 5.60 Å². The first-order valence-electron chi connectivity index (χ1n) is 4.88. The van der Waals surface area contributed by atoms with Crippen LogP contribution in [0, 0.1) is 0 Å². The number of hydrogen-bond acceptors (Lipinski definition) is 2. The third-order valence-corrected chi connectivity index (χ3v) is 2.12. The second kappa shape index (κ2) is 5.97. The van der Waals surface area contributed by atoms with Crippen molar-refractivity contribution < 1.29 is 9.53 Å². The van der Waals surface area contributed by atoms with E-state index < -0.39 is 5.60 Å². The molecule has 0 saturated carbocycles. The highest BCUT2D eigenvalue weighted by Crippen LogP contribution is 2.06. The third kappa shape index (κ3) is 4.88. The van der Waals surface area contributed by atoms with Crippen molar-refractivity contribution in [3.63, 3.8) is 0 Å². The number of carbonyl (C=O) groups excluding carboxylic acids is 1. The first kappa shape index (κ1) is 12.4. The molecule has 0 aliphatic carbocycles. The molecule has 0 aromatic heterocycles. The summed E-state index contributed by atoms with van der Waals surface area (Å²) in [5.41, 5.74) is -0.702. The molecule has 13 heavy (non-hydrogen) atoms. The van der Waals surface area contributed by atoms with E-state index in [1.165, 1.54) is 6.42 Å². The maximum atomic E-state index is 11.4. The highest BCUT2D eigenvalue weighted by atomic mass is 16.5. The monoisotopic (exact) mass is 187 g/mol. The van der Waals surface area contributed by atoms with Crippen LogP contribution in [0.15, 0.2) is 0 Å². The van der Waals surface area contributed by atoms with E-state index in [0.717, 1.165) is 19.4 Å². The van der Waals surface area contributed by atoms with Gasteiger partial charge in [-0.2, -0.15) is 0 Å². The Hall–Kier alpha value is -0.570. The molecule has 0 aliphatic heterocycles. The van der Waals surface area contributed by atoms with E-state index in [-0.39, 0.29) is 5.91 Å². The fourth-order valence-corrected chi connectivity index (χ4v) is 0.882. The molecule has 0 atom stereocenters. The van der Waals surface area contributed by atoms with E-state index in [2.05, 4.69) is 12.2 Å². The third-order valence-electron chi connectivity index (χ3n) is 2.12. The second-order valence-electron chi connectivity index (χ2n) is 3.68. The Balaban J connectivity index is 3.62. The van der Waals surface area contributed by atoms with E-state index in [4.69, 9.17) is 4.74 Å². The number of amides is 1. The average molecular weight is 187 g/mol. The number of carbonyl (C=O) groups is 1. The minimum absolute atomic E-state index is 0.0360. The summed E-state index contributed by atoms with van der Waals surface area (Å²) in [5, 5.41) is 2.84. The van der Waals surface area contributed by atoms with Crippen molar-refractivity contribution in [3.05, 3.63) is 0 Å². The summed E-state index contributed by atoms with van der Waals surface area (Å²) in [6.45, 7) is 6.42. The summed E-state index contributed by atoms with van der Waals surface area (Å²) in [4.78, 5) is 11.4. The lowest BCUT2D eigenvalue weighted by molar-refractivity contribution is -0.139. The molecule has 1 N–H and O–H groups in total. The smallest absolute Gasteiger partial charge is 0.251 e. The van der Waals surface area contributed by atoms with E-state index in [0.29, 0.717) is 0 Å². The number of ether oxygens (including phenoxy) is 1. The fraction of sp³-hybridized carbons (Fsp3) is 0.900. The van der Waals surface area contributed by atoms with E-state index >= 15 is 0 Å². The molecule has 0 rings (SSSR count). The lowest BCUT2D eigenvalue weighted by Gasteiger charge is -2.21. The normalized spacial score (nSPS) is 11.4. The van der Waals surface area contributed by atoms with Crippen molar-refractivity contribution in [2.45, 2.75) is 45.6 Å². The molecule has 3 heteroatoms. The highest BCUT2D eigenvalue weighted by molar-refractivity contribution is 5.84. The van der Waals surface area contributed by atoms with Crippen LogP contribution in [-0.2, 0) is 9.53 Å². The maximum Gasteiger partial charge on any atom is 0.251 e. The second-order valence-corrected chi connectivity index (χ2v) is 3.68. The molecular weight excluding hydrogens is 166 g/mol. The van der Waals surface area contributed by atoms with Crippen molar-refractivity contribution in [1.82, 2.24) is 5.32 Å². The Morgan fingerprint density at radius 2 is 2.00 bits per heavy atom. The van der Waals surface area contributed by atoms with Crippen LogP contribution >= 0.6 is 0 Å². The van der Waals surface area contributed by atoms with Crippen molar-refractivity contribution in [2.24, 2.45) is 0 Å². The van der Waals surface area contributed by atoms with E-state index in [9.17, 15) is 4.79 Å². The van der Waals surface area contributed by atoms with Gasteiger partial charge in [-0.15, -0.1) is 0 Å². The van der Waals surface area contributed by atoms with Gasteiger partial charge in [0.2, 0.25) is 0 Å². The summed E-state index contributed by atoms with van der Waals surface area (Å²) in [6, 6.07) is 0. The zero-order chi connectivity index (χ0) is 10.3. The SMILES string of the molecule is CCCCCNC(=O)C(C)(C)OC. The minimum Gasteiger partial charge on any atom is -0.369 e. The van der Waals surface area contributed by atoms with Crippen LogP contribution in [-0.4, -0.2) is 25.2 Å². The summed E-state index contributed by atoms with van der Waals surface area (Å²) in [7, 11) is 1.55. The fourth-order valence-electron chi connectivity index (χ4n) is 0.882. The van der Waals surface area contributed by atoms with Gasteiger partial charge in [-0.3, -0.25) is 4.79 Å². The molecule has 0 saturated heterocycles. The summed E-state index contributed by atoms with van der Waals surface area (Å²) >= 11 is 0. The minimum atomic E-state index is -0.702. The van der Waals surface area contributed by atoms with Crippen LogP contribution in [0.3, 0.4) is 0 Å². The summed E-state index contributed by atoms with van der Waals surface area (Å²) < 4.78 is 5.04. The molecule has 0 unspecified atom stereocenters. The Bertz CT molecular complexity index is 155. The Labute approximate surface area is 80.8 Å². The van der Waals surface area contributed by atoms with Crippen LogP contribution in [0.2, 0.25) is 0 Å². The summed E-state index contributed by atoms with van der Waals surface area (Å²) in [5.74, 6) is -0.0360. The molecule has 1 amide bonds. The van der Waals surface area contributed by atoms with Crippen LogP contribution in [0.5, 0.6) is 0 Å². The number of rotatable bonds is 6. The molecule has 0 radical (unpaired) electrons. The molecule has 0 fully saturated rings. The van der Waals surface area contributed by atoms with E-state index in [1.54, 1.807) is 21.0 Å². The van der Waals surface area contributed by atoms with Crippen LogP contribution in [0.4, 0.5) is 0 Å². The number of methoxy groups -OCH3 is 1.